The minimum absolute atomic E-state index is 0.382. The first-order valence-corrected chi connectivity index (χ1v) is 9.48. The van der Waals surface area contributed by atoms with Crippen LogP contribution in [0.5, 0.6) is 0 Å². The van der Waals surface area contributed by atoms with Gasteiger partial charge in [-0.1, -0.05) is 23.7 Å². The SMILES string of the molecule is COC(=O)C1=CN(Cc2ccc(Cl)cc2)C=C(C(=O)OC)C1c1ccsc1. The molecule has 0 amide bonds. The monoisotopic (exact) mass is 403 g/mol. The molecular formula is C20H18ClNO4S. The Hall–Kier alpha value is -2.57. The molecule has 2 aromatic rings. The van der Waals surface area contributed by atoms with E-state index < -0.39 is 17.9 Å². The molecule has 2 heterocycles. The molecule has 0 radical (unpaired) electrons. The number of methoxy groups -OCH3 is 2. The minimum atomic E-state index is -0.530. The average Bonchev–Trinajstić information content (AvgIpc) is 3.22. The van der Waals surface area contributed by atoms with Gasteiger partial charge in [-0.15, -0.1) is 0 Å². The van der Waals surface area contributed by atoms with Gasteiger partial charge >= 0.3 is 11.9 Å². The standard InChI is InChI=1S/C20H18ClNO4S/c1-25-19(23)16-10-22(9-13-3-5-15(21)6-4-13)11-17(20(24)26-2)18(16)14-7-8-27-12-14/h3-8,10-12,18H,9H2,1-2H3. The Bertz CT molecular complexity index is 853. The molecule has 1 aromatic carbocycles. The molecule has 0 saturated heterocycles. The zero-order chi connectivity index (χ0) is 19.4. The predicted octanol–water partition coefficient (Wildman–Crippen LogP) is 4.11. The molecule has 7 heteroatoms. The normalized spacial score (nSPS) is 14.4. The lowest BCUT2D eigenvalue weighted by molar-refractivity contribution is -0.137. The van der Waals surface area contributed by atoms with Crippen LogP contribution >= 0.6 is 22.9 Å². The Morgan fingerprint density at radius 1 is 1.04 bits per heavy atom. The van der Waals surface area contributed by atoms with Crippen LogP contribution in [0.4, 0.5) is 0 Å². The fraction of sp³-hybridized carbons (Fsp3) is 0.200. The maximum Gasteiger partial charge on any atom is 0.336 e. The molecule has 0 saturated carbocycles. The quantitative estimate of drug-likeness (QED) is 0.703. The number of rotatable bonds is 5. The highest BCUT2D eigenvalue weighted by Gasteiger charge is 2.35. The summed E-state index contributed by atoms with van der Waals surface area (Å²) in [6, 6.07) is 9.27. The van der Waals surface area contributed by atoms with Gasteiger partial charge in [-0.3, -0.25) is 0 Å². The summed E-state index contributed by atoms with van der Waals surface area (Å²) in [6.45, 7) is 0.467. The molecule has 3 rings (SSSR count). The van der Waals surface area contributed by atoms with Crippen LogP contribution < -0.4 is 0 Å². The first kappa shape index (κ1) is 19.2. The largest absolute Gasteiger partial charge is 0.466 e. The second-order valence-corrected chi connectivity index (χ2v) is 7.16. The van der Waals surface area contributed by atoms with E-state index in [0.29, 0.717) is 22.7 Å². The maximum atomic E-state index is 12.5. The van der Waals surface area contributed by atoms with Gasteiger partial charge in [-0.25, -0.2) is 9.59 Å². The van der Waals surface area contributed by atoms with E-state index in [9.17, 15) is 9.59 Å². The van der Waals surface area contributed by atoms with Gasteiger partial charge in [0.15, 0.2) is 0 Å². The second-order valence-electron chi connectivity index (χ2n) is 5.94. The van der Waals surface area contributed by atoms with Gasteiger partial charge in [-0.2, -0.15) is 11.3 Å². The summed E-state index contributed by atoms with van der Waals surface area (Å²) in [4.78, 5) is 26.7. The van der Waals surface area contributed by atoms with Gasteiger partial charge < -0.3 is 14.4 Å². The first-order valence-electron chi connectivity index (χ1n) is 8.15. The Morgan fingerprint density at radius 2 is 1.63 bits per heavy atom. The van der Waals surface area contributed by atoms with E-state index in [0.717, 1.165) is 11.1 Å². The van der Waals surface area contributed by atoms with Gasteiger partial charge in [0.2, 0.25) is 0 Å². The van der Waals surface area contributed by atoms with Crippen LogP contribution in [0.15, 0.2) is 64.6 Å². The Kier molecular flexibility index (Phi) is 5.98. The van der Waals surface area contributed by atoms with Crippen molar-refractivity contribution in [3.63, 3.8) is 0 Å². The second kappa shape index (κ2) is 8.41. The van der Waals surface area contributed by atoms with Crippen molar-refractivity contribution in [1.29, 1.82) is 0 Å². The third kappa shape index (κ3) is 4.23. The van der Waals surface area contributed by atoms with Crippen molar-refractivity contribution in [2.45, 2.75) is 12.5 Å². The van der Waals surface area contributed by atoms with Crippen LogP contribution in [-0.2, 0) is 25.6 Å². The van der Waals surface area contributed by atoms with Gasteiger partial charge in [-0.05, 0) is 40.1 Å². The summed E-state index contributed by atoms with van der Waals surface area (Å²) < 4.78 is 9.93. The van der Waals surface area contributed by atoms with E-state index in [1.54, 1.807) is 29.4 Å². The van der Waals surface area contributed by atoms with Crippen LogP contribution in [-0.4, -0.2) is 31.1 Å². The number of esters is 2. The molecule has 27 heavy (non-hydrogen) atoms. The van der Waals surface area contributed by atoms with Crippen LogP contribution in [0.25, 0.3) is 0 Å². The van der Waals surface area contributed by atoms with Crippen molar-refractivity contribution >= 4 is 34.9 Å². The summed E-state index contributed by atoms with van der Waals surface area (Å²) >= 11 is 7.43. The molecule has 0 unspecified atom stereocenters. The summed E-state index contributed by atoms with van der Waals surface area (Å²) in [7, 11) is 2.65. The molecule has 0 aliphatic carbocycles. The number of hydrogen-bond donors (Lipinski definition) is 0. The number of carbonyl (C=O) groups is 2. The minimum Gasteiger partial charge on any atom is -0.466 e. The average molecular weight is 404 g/mol. The first-order chi connectivity index (χ1) is 13.0. The lowest BCUT2D eigenvalue weighted by Gasteiger charge is -2.29. The molecule has 0 atom stereocenters. The highest BCUT2D eigenvalue weighted by Crippen LogP contribution is 2.38. The number of hydrogen-bond acceptors (Lipinski definition) is 6. The summed E-state index contributed by atoms with van der Waals surface area (Å²) in [5, 5.41) is 4.46. The number of halogens is 1. The Morgan fingerprint density at radius 3 is 2.11 bits per heavy atom. The third-order valence-corrected chi connectivity index (χ3v) is 5.18. The Balaban J connectivity index is 2.02. The maximum absolute atomic E-state index is 12.5. The molecule has 0 fully saturated rings. The predicted molar refractivity (Wildman–Crippen MR) is 104 cm³/mol. The summed E-state index contributed by atoms with van der Waals surface area (Å²) in [6.07, 6.45) is 3.43. The lowest BCUT2D eigenvalue weighted by atomic mass is 9.84. The van der Waals surface area contributed by atoms with Crippen molar-refractivity contribution < 1.29 is 19.1 Å². The zero-order valence-electron chi connectivity index (χ0n) is 14.8. The summed E-state index contributed by atoms with van der Waals surface area (Å²) in [5.41, 5.74) is 2.59. The van der Waals surface area contributed by atoms with Crippen molar-refractivity contribution in [3.05, 3.63) is 80.8 Å². The molecule has 1 aliphatic heterocycles. The molecule has 0 N–H and O–H groups in total. The van der Waals surface area contributed by atoms with Crippen molar-refractivity contribution in [2.24, 2.45) is 0 Å². The molecule has 0 bridgehead atoms. The van der Waals surface area contributed by atoms with Crippen LogP contribution in [0.1, 0.15) is 17.0 Å². The highest BCUT2D eigenvalue weighted by molar-refractivity contribution is 7.08. The number of ether oxygens (including phenoxy) is 2. The van der Waals surface area contributed by atoms with E-state index in [-0.39, 0.29) is 0 Å². The highest BCUT2D eigenvalue weighted by atomic mass is 35.5. The number of benzene rings is 1. The fourth-order valence-electron chi connectivity index (χ4n) is 2.98. The van der Waals surface area contributed by atoms with Gasteiger partial charge in [0, 0.05) is 24.0 Å². The lowest BCUT2D eigenvalue weighted by Crippen LogP contribution is -2.28. The van der Waals surface area contributed by atoms with Crippen molar-refractivity contribution in [3.8, 4) is 0 Å². The van der Waals surface area contributed by atoms with E-state index in [4.69, 9.17) is 21.1 Å². The summed E-state index contributed by atoms with van der Waals surface area (Å²) in [5.74, 6) is -1.50. The smallest absolute Gasteiger partial charge is 0.336 e. The van der Waals surface area contributed by atoms with Gasteiger partial charge in [0.25, 0.3) is 0 Å². The van der Waals surface area contributed by atoms with Gasteiger partial charge in [0.05, 0.1) is 31.3 Å². The van der Waals surface area contributed by atoms with Crippen LogP contribution in [0.3, 0.4) is 0 Å². The fourth-order valence-corrected chi connectivity index (χ4v) is 3.79. The molecule has 5 nitrogen and oxygen atoms in total. The van der Waals surface area contributed by atoms with Crippen LogP contribution in [0, 0.1) is 0 Å². The number of nitrogens with zero attached hydrogens (tertiary/aromatic N) is 1. The molecule has 0 spiro atoms. The van der Waals surface area contributed by atoms with E-state index in [1.807, 2.05) is 29.0 Å². The number of carbonyl (C=O) groups excluding carboxylic acids is 2. The number of thiophene rings is 1. The van der Waals surface area contributed by atoms with Gasteiger partial charge in [0.1, 0.15) is 0 Å². The van der Waals surface area contributed by atoms with Crippen molar-refractivity contribution in [2.75, 3.05) is 14.2 Å². The van der Waals surface area contributed by atoms with E-state index >= 15 is 0 Å². The zero-order valence-corrected chi connectivity index (χ0v) is 16.4. The third-order valence-electron chi connectivity index (χ3n) is 4.23. The molecular weight excluding hydrogens is 386 g/mol. The van der Waals surface area contributed by atoms with E-state index in [2.05, 4.69) is 0 Å². The topological polar surface area (TPSA) is 55.8 Å². The van der Waals surface area contributed by atoms with Crippen LogP contribution in [0.2, 0.25) is 5.02 Å². The van der Waals surface area contributed by atoms with Crippen molar-refractivity contribution in [1.82, 2.24) is 4.90 Å². The van der Waals surface area contributed by atoms with E-state index in [1.165, 1.54) is 25.6 Å². The molecule has 1 aromatic heterocycles. The Labute approximate surface area is 166 Å². The molecule has 140 valence electrons. The molecule has 1 aliphatic rings.